The average Bonchev–Trinajstić information content (AvgIpc) is 3.54. The summed E-state index contributed by atoms with van der Waals surface area (Å²) in [6, 6.07) is 6.57. The molecule has 1 atom stereocenters. The summed E-state index contributed by atoms with van der Waals surface area (Å²) in [5.41, 5.74) is 3.64. The summed E-state index contributed by atoms with van der Waals surface area (Å²) in [4.78, 5) is 19.9. The van der Waals surface area contributed by atoms with E-state index in [1.54, 1.807) is 0 Å². The second-order valence-corrected chi connectivity index (χ2v) is 8.77. The Hall–Kier alpha value is -2.01. The zero-order valence-corrected chi connectivity index (χ0v) is 17.0. The lowest BCUT2D eigenvalue weighted by Crippen LogP contribution is -2.37. The van der Waals surface area contributed by atoms with E-state index in [-0.39, 0.29) is 0 Å². The Morgan fingerprint density at radius 1 is 1.04 bits per heavy atom. The summed E-state index contributed by atoms with van der Waals surface area (Å²) < 4.78 is 0. The van der Waals surface area contributed by atoms with Crippen LogP contribution in [-0.4, -0.2) is 39.5 Å². The first-order valence-electron chi connectivity index (χ1n) is 11.0. The quantitative estimate of drug-likeness (QED) is 0.786. The number of pyridine rings is 1. The Balaban J connectivity index is 1.45. The number of likely N-dealkylation sites (tertiary alicyclic amines) is 1. The van der Waals surface area contributed by atoms with Gasteiger partial charge in [-0.25, -0.2) is 9.97 Å². The normalized spacial score (nSPS) is 22.9. The number of hydrogen-bond acceptors (Lipinski definition) is 5. The fourth-order valence-electron chi connectivity index (χ4n) is 4.83. The Morgan fingerprint density at radius 2 is 1.96 bits per heavy atom. The lowest BCUT2D eigenvalue weighted by atomic mass is 9.99. The molecule has 0 spiro atoms. The van der Waals surface area contributed by atoms with Gasteiger partial charge in [0.15, 0.2) is 0 Å². The summed E-state index contributed by atoms with van der Waals surface area (Å²) in [7, 11) is 0. The molecule has 1 aliphatic carbocycles. The number of aryl methyl sites for hydroxylation is 1. The summed E-state index contributed by atoms with van der Waals surface area (Å²) in [6.07, 6.45) is 10.8. The highest BCUT2D eigenvalue weighted by molar-refractivity contribution is 5.51. The first kappa shape index (κ1) is 18.0. The molecule has 4 heterocycles. The first-order chi connectivity index (χ1) is 13.8. The maximum Gasteiger partial charge on any atom is 0.148 e. The highest BCUT2D eigenvalue weighted by Gasteiger charge is 2.33. The summed E-state index contributed by atoms with van der Waals surface area (Å²) in [5, 5.41) is 0. The first-order valence-corrected chi connectivity index (χ1v) is 11.0. The van der Waals surface area contributed by atoms with E-state index in [0.29, 0.717) is 6.04 Å². The molecule has 2 aromatic rings. The van der Waals surface area contributed by atoms with Crippen LogP contribution in [0, 0.1) is 12.8 Å². The zero-order valence-electron chi connectivity index (χ0n) is 17.0. The maximum atomic E-state index is 5.20. The van der Waals surface area contributed by atoms with Gasteiger partial charge in [-0.05, 0) is 70.0 Å². The molecule has 2 fully saturated rings. The molecule has 5 rings (SSSR count). The highest BCUT2D eigenvalue weighted by atomic mass is 15.2. The fraction of sp³-hybridized carbons (Fsp3) is 0.609. The second-order valence-electron chi connectivity index (χ2n) is 8.77. The molecule has 1 saturated carbocycles. The summed E-state index contributed by atoms with van der Waals surface area (Å²) in [5.74, 6) is 3.14. The van der Waals surface area contributed by atoms with Crippen molar-refractivity contribution in [1.29, 1.82) is 0 Å². The SMILES string of the molecule is Cc1nc(C2CCCCN2CC2CC2)nc2c1CCCN2Cc1ccccn1. The van der Waals surface area contributed by atoms with Gasteiger partial charge in [-0.1, -0.05) is 12.5 Å². The molecule has 148 valence electrons. The summed E-state index contributed by atoms with van der Waals surface area (Å²) in [6.45, 7) is 6.51. The molecule has 2 aliphatic heterocycles. The van der Waals surface area contributed by atoms with Crippen molar-refractivity contribution in [1.82, 2.24) is 19.9 Å². The fourth-order valence-corrected chi connectivity index (χ4v) is 4.83. The van der Waals surface area contributed by atoms with Gasteiger partial charge in [0.1, 0.15) is 11.6 Å². The monoisotopic (exact) mass is 377 g/mol. The van der Waals surface area contributed by atoms with Crippen molar-refractivity contribution < 1.29 is 0 Å². The third kappa shape index (κ3) is 3.77. The smallest absolute Gasteiger partial charge is 0.148 e. The van der Waals surface area contributed by atoms with E-state index in [0.717, 1.165) is 42.8 Å². The van der Waals surface area contributed by atoms with E-state index in [2.05, 4.69) is 33.8 Å². The van der Waals surface area contributed by atoms with Gasteiger partial charge in [-0.2, -0.15) is 0 Å². The van der Waals surface area contributed by atoms with Gasteiger partial charge in [0.05, 0.1) is 18.3 Å². The molecule has 2 aromatic heterocycles. The number of hydrogen-bond donors (Lipinski definition) is 0. The van der Waals surface area contributed by atoms with Crippen molar-refractivity contribution in [3.05, 3.63) is 47.2 Å². The Morgan fingerprint density at radius 3 is 2.79 bits per heavy atom. The van der Waals surface area contributed by atoms with Crippen LogP contribution in [0.2, 0.25) is 0 Å². The number of fused-ring (bicyclic) bond motifs is 1. The van der Waals surface area contributed by atoms with Gasteiger partial charge < -0.3 is 4.90 Å². The van der Waals surface area contributed by atoms with Crippen LogP contribution in [0.4, 0.5) is 5.82 Å². The van der Waals surface area contributed by atoms with Gasteiger partial charge in [-0.15, -0.1) is 0 Å². The summed E-state index contributed by atoms with van der Waals surface area (Å²) >= 11 is 0. The number of anilines is 1. The van der Waals surface area contributed by atoms with Gasteiger partial charge in [0, 0.05) is 30.5 Å². The van der Waals surface area contributed by atoms with Crippen molar-refractivity contribution in [2.24, 2.45) is 5.92 Å². The van der Waals surface area contributed by atoms with E-state index in [1.807, 2.05) is 12.3 Å². The van der Waals surface area contributed by atoms with E-state index in [9.17, 15) is 0 Å². The Labute approximate surface area is 168 Å². The van der Waals surface area contributed by atoms with Gasteiger partial charge in [0.25, 0.3) is 0 Å². The van der Waals surface area contributed by atoms with E-state index in [1.165, 1.54) is 62.9 Å². The van der Waals surface area contributed by atoms with Crippen LogP contribution < -0.4 is 4.90 Å². The Bertz CT molecular complexity index is 817. The third-order valence-corrected chi connectivity index (χ3v) is 6.54. The van der Waals surface area contributed by atoms with E-state index < -0.39 is 0 Å². The van der Waals surface area contributed by atoms with Crippen molar-refractivity contribution in [3.63, 3.8) is 0 Å². The van der Waals surface area contributed by atoms with Crippen molar-refractivity contribution in [2.45, 2.75) is 64.5 Å². The van der Waals surface area contributed by atoms with Crippen LogP contribution in [0.3, 0.4) is 0 Å². The van der Waals surface area contributed by atoms with Crippen molar-refractivity contribution >= 4 is 5.82 Å². The third-order valence-electron chi connectivity index (χ3n) is 6.54. The standard InChI is InChI=1S/C23H31N5/c1-17-20-8-6-14-28(16-19-7-2-4-12-24-19)23(20)26-22(25-17)21-9-3-5-13-27(21)15-18-10-11-18/h2,4,7,12,18,21H,3,5-6,8-11,13-16H2,1H3. The van der Waals surface area contributed by atoms with Crippen LogP contribution in [0.15, 0.2) is 24.4 Å². The molecular weight excluding hydrogens is 346 g/mol. The van der Waals surface area contributed by atoms with Crippen LogP contribution in [0.5, 0.6) is 0 Å². The van der Waals surface area contributed by atoms with E-state index in [4.69, 9.17) is 9.97 Å². The average molecular weight is 378 g/mol. The predicted octanol–water partition coefficient (Wildman–Crippen LogP) is 4.07. The largest absolute Gasteiger partial charge is 0.350 e. The van der Waals surface area contributed by atoms with Crippen LogP contribution in [0.1, 0.15) is 67.3 Å². The van der Waals surface area contributed by atoms with Gasteiger partial charge in [0.2, 0.25) is 0 Å². The van der Waals surface area contributed by atoms with Crippen LogP contribution in [-0.2, 0) is 13.0 Å². The molecule has 0 radical (unpaired) electrons. The van der Waals surface area contributed by atoms with Gasteiger partial charge >= 0.3 is 0 Å². The number of aromatic nitrogens is 3. The Kier molecular flexibility index (Phi) is 5.02. The molecule has 1 unspecified atom stereocenters. The lowest BCUT2D eigenvalue weighted by Gasteiger charge is -2.36. The molecule has 5 heteroatoms. The lowest BCUT2D eigenvalue weighted by molar-refractivity contribution is 0.135. The predicted molar refractivity (Wildman–Crippen MR) is 111 cm³/mol. The van der Waals surface area contributed by atoms with Gasteiger partial charge in [-0.3, -0.25) is 9.88 Å². The molecule has 0 amide bonds. The number of piperidine rings is 1. The molecule has 1 saturated heterocycles. The van der Waals surface area contributed by atoms with Crippen LogP contribution in [0.25, 0.3) is 0 Å². The molecule has 3 aliphatic rings. The molecule has 0 bridgehead atoms. The minimum absolute atomic E-state index is 0.400. The number of nitrogens with zero attached hydrogens (tertiary/aromatic N) is 5. The van der Waals surface area contributed by atoms with Crippen LogP contribution >= 0.6 is 0 Å². The molecule has 28 heavy (non-hydrogen) atoms. The number of rotatable bonds is 5. The van der Waals surface area contributed by atoms with Crippen molar-refractivity contribution in [3.8, 4) is 0 Å². The molecule has 0 N–H and O–H groups in total. The minimum Gasteiger partial charge on any atom is -0.350 e. The molecular formula is C23H31N5. The molecule has 5 nitrogen and oxygen atoms in total. The van der Waals surface area contributed by atoms with Crippen molar-refractivity contribution in [2.75, 3.05) is 24.5 Å². The molecule has 0 aromatic carbocycles. The zero-order chi connectivity index (χ0) is 18.9. The van der Waals surface area contributed by atoms with E-state index >= 15 is 0 Å². The maximum absolute atomic E-state index is 5.20. The minimum atomic E-state index is 0.400. The second kappa shape index (κ2) is 7.78. The highest BCUT2D eigenvalue weighted by Crippen LogP contribution is 2.37. The topological polar surface area (TPSA) is 45.2 Å².